The Bertz CT molecular complexity index is 943. The van der Waals surface area contributed by atoms with Gasteiger partial charge in [-0.1, -0.05) is 54.4 Å². The molecule has 29 heavy (non-hydrogen) atoms. The maximum Gasteiger partial charge on any atom is 0.244 e. The molecule has 0 aliphatic rings. The van der Waals surface area contributed by atoms with Crippen LogP contribution in [-0.4, -0.2) is 31.2 Å². The van der Waals surface area contributed by atoms with Gasteiger partial charge in [0, 0.05) is 12.6 Å². The van der Waals surface area contributed by atoms with Gasteiger partial charge in [-0.15, -0.1) is 0 Å². The van der Waals surface area contributed by atoms with Crippen molar-refractivity contribution < 1.29 is 13.2 Å². The number of sulfonamides is 1. The smallest absolute Gasteiger partial charge is 0.244 e. The van der Waals surface area contributed by atoms with E-state index in [1.165, 1.54) is 4.31 Å². The lowest BCUT2D eigenvalue weighted by molar-refractivity contribution is -0.122. The molecule has 0 spiro atoms. The number of aryl methyl sites for hydroxylation is 4. The Morgan fingerprint density at radius 1 is 1.00 bits per heavy atom. The highest BCUT2D eigenvalue weighted by molar-refractivity contribution is 7.89. The Labute approximate surface area is 175 Å². The minimum absolute atomic E-state index is 0.00530. The van der Waals surface area contributed by atoms with Crippen LogP contribution in [0.1, 0.15) is 48.1 Å². The van der Waals surface area contributed by atoms with E-state index in [9.17, 15) is 13.2 Å². The summed E-state index contributed by atoms with van der Waals surface area (Å²) in [4.78, 5) is 12.8. The molecule has 0 bridgehead atoms. The van der Waals surface area contributed by atoms with Crippen LogP contribution in [0.25, 0.3) is 0 Å². The molecule has 0 aliphatic heterocycles. The van der Waals surface area contributed by atoms with Gasteiger partial charge >= 0.3 is 0 Å². The highest BCUT2D eigenvalue weighted by atomic mass is 32.2. The van der Waals surface area contributed by atoms with Crippen molar-refractivity contribution in [3.05, 3.63) is 64.2 Å². The number of nitrogens with zero attached hydrogens (tertiary/aromatic N) is 1. The van der Waals surface area contributed by atoms with Crippen LogP contribution in [0.4, 0.5) is 0 Å². The average Bonchev–Trinajstić information content (AvgIpc) is 2.61. The van der Waals surface area contributed by atoms with Crippen LogP contribution >= 0.6 is 0 Å². The zero-order valence-corrected chi connectivity index (χ0v) is 19.1. The summed E-state index contributed by atoms with van der Waals surface area (Å²) in [5.41, 5.74) is 4.34. The van der Waals surface area contributed by atoms with Gasteiger partial charge in [0.2, 0.25) is 15.9 Å². The first-order valence-electron chi connectivity index (χ1n) is 9.97. The lowest BCUT2D eigenvalue weighted by atomic mass is 10.1. The first kappa shape index (κ1) is 23.1. The molecule has 1 N–H and O–H groups in total. The molecule has 0 radical (unpaired) electrons. The van der Waals surface area contributed by atoms with Gasteiger partial charge in [-0.3, -0.25) is 4.79 Å². The highest BCUT2D eigenvalue weighted by Gasteiger charge is 2.30. The third kappa shape index (κ3) is 5.90. The first-order valence-corrected chi connectivity index (χ1v) is 11.4. The van der Waals surface area contributed by atoms with Crippen molar-refractivity contribution in [1.29, 1.82) is 0 Å². The fraction of sp³-hybridized carbons (Fsp3) is 0.435. The van der Waals surface area contributed by atoms with Crippen LogP contribution in [0.5, 0.6) is 0 Å². The molecule has 0 unspecified atom stereocenters. The van der Waals surface area contributed by atoms with Crippen molar-refractivity contribution >= 4 is 15.9 Å². The molecule has 0 heterocycles. The number of amides is 1. The molecule has 0 fully saturated rings. The van der Waals surface area contributed by atoms with Crippen LogP contribution in [0.15, 0.2) is 41.3 Å². The maximum atomic E-state index is 13.6. The van der Waals surface area contributed by atoms with E-state index in [0.717, 1.165) is 23.1 Å². The Balaban J connectivity index is 2.44. The summed E-state index contributed by atoms with van der Waals surface area (Å²) < 4.78 is 28.5. The van der Waals surface area contributed by atoms with Crippen LogP contribution in [-0.2, 0) is 21.4 Å². The number of nitrogens with one attached hydrogen (secondary N) is 1. The maximum absolute atomic E-state index is 13.6. The van der Waals surface area contributed by atoms with E-state index in [1.54, 1.807) is 13.8 Å². The molecule has 0 saturated carbocycles. The summed E-state index contributed by atoms with van der Waals surface area (Å²) in [7, 11) is -3.85. The van der Waals surface area contributed by atoms with Crippen LogP contribution in [0.2, 0.25) is 0 Å². The Hall–Kier alpha value is -2.18. The van der Waals surface area contributed by atoms with E-state index in [1.807, 2.05) is 64.1 Å². The topological polar surface area (TPSA) is 66.5 Å². The second-order valence-corrected chi connectivity index (χ2v) is 9.74. The van der Waals surface area contributed by atoms with Gasteiger partial charge in [-0.25, -0.2) is 8.42 Å². The van der Waals surface area contributed by atoms with Crippen molar-refractivity contribution in [1.82, 2.24) is 9.62 Å². The van der Waals surface area contributed by atoms with Gasteiger partial charge in [-0.05, 0) is 57.7 Å². The second kappa shape index (κ2) is 9.55. The van der Waals surface area contributed by atoms with Gasteiger partial charge in [0.25, 0.3) is 0 Å². The van der Waals surface area contributed by atoms with Gasteiger partial charge in [0.15, 0.2) is 0 Å². The number of carbonyl (C=O) groups excluding carboxylic acids is 1. The fourth-order valence-corrected chi connectivity index (χ4v) is 5.20. The van der Waals surface area contributed by atoms with Crippen molar-refractivity contribution in [3.8, 4) is 0 Å². The normalized spacial score (nSPS) is 12.8. The van der Waals surface area contributed by atoms with Gasteiger partial charge in [0.05, 0.1) is 11.4 Å². The molecule has 2 aromatic rings. The Morgan fingerprint density at radius 2 is 1.55 bits per heavy atom. The van der Waals surface area contributed by atoms with E-state index in [0.29, 0.717) is 11.1 Å². The molecule has 0 saturated heterocycles. The summed E-state index contributed by atoms with van der Waals surface area (Å²) in [6, 6.07) is 11.4. The zero-order chi connectivity index (χ0) is 21.8. The Kier molecular flexibility index (Phi) is 7.60. The second-order valence-electron chi connectivity index (χ2n) is 7.86. The summed E-state index contributed by atoms with van der Waals surface area (Å²) in [5, 5.41) is 2.87. The third-order valence-corrected chi connectivity index (χ3v) is 7.12. The van der Waals surface area contributed by atoms with E-state index in [4.69, 9.17) is 0 Å². The molecule has 0 aromatic heterocycles. The average molecular weight is 417 g/mol. The Morgan fingerprint density at radius 3 is 2.07 bits per heavy atom. The van der Waals surface area contributed by atoms with Crippen LogP contribution in [0, 0.1) is 27.7 Å². The molecule has 2 aromatic carbocycles. The molecule has 2 rings (SSSR count). The van der Waals surface area contributed by atoms with Gasteiger partial charge in [0.1, 0.15) is 0 Å². The van der Waals surface area contributed by atoms with Crippen LogP contribution < -0.4 is 5.32 Å². The lowest BCUT2D eigenvalue weighted by Gasteiger charge is -2.25. The predicted molar refractivity (Wildman–Crippen MR) is 117 cm³/mol. The van der Waals surface area contributed by atoms with Crippen molar-refractivity contribution in [3.63, 3.8) is 0 Å². The molecule has 0 aliphatic carbocycles. The first-order chi connectivity index (χ1) is 13.5. The number of benzene rings is 2. The van der Waals surface area contributed by atoms with Crippen LogP contribution in [0.3, 0.4) is 0 Å². The molecule has 158 valence electrons. The number of hydrogen-bond acceptors (Lipinski definition) is 3. The minimum Gasteiger partial charge on any atom is -0.353 e. The molecule has 1 amide bonds. The van der Waals surface area contributed by atoms with Crippen molar-refractivity contribution in [2.45, 2.75) is 65.4 Å². The monoisotopic (exact) mass is 416 g/mol. The van der Waals surface area contributed by atoms with E-state index in [-0.39, 0.29) is 29.9 Å². The van der Waals surface area contributed by atoms with E-state index in [2.05, 4.69) is 5.32 Å². The number of rotatable bonds is 8. The minimum atomic E-state index is -3.85. The quantitative estimate of drug-likeness (QED) is 0.707. The number of hydrogen-bond donors (Lipinski definition) is 1. The van der Waals surface area contributed by atoms with Gasteiger partial charge in [-0.2, -0.15) is 4.31 Å². The molecule has 1 atom stereocenters. The lowest BCUT2D eigenvalue weighted by Crippen LogP contribution is -2.43. The predicted octanol–water partition coefficient (Wildman–Crippen LogP) is 4.03. The highest BCUT2D eigenvalue weighted by Crippen LogP contribution is 2.26. The molecular weight excluding hydrogens is 384 g/mol. The van der Waals surface area contributed by atoms with Gasteiger partial charge < -0.3 is 5.32 Å². The fourth-order valence-electron chi connectivity index (χ4n) is 3.41. The SMILES string of the molecule is CC[C@H](C)NC(=O)CN(Cc1ccc(C)cc1)S(=O)(=O)c1c(C)cc(C)cc1C. The standard InChI is InChI=1S/C23H32N2O3S/c1-7-20(6)24-22(26)15-25(14-21-10-8-16(2)9-11-21)29(27,28)23-18(4)12-17(3)13-19(23)5/h8-13,20H,7,14-15H2,1-6H3,(H,24,26)/t20-/m0/s1. The molecule has 5 nitrogen and oxygen atoms in total. The molecular formula is C23H32N2O3S. The molecule has 6 heteroatoms. The van der Waals surface area contributed by atoms with E-state index < -0.39 is 10.0 Å². The number of carbonyl (C=O) groups is 1. The third-order valence-electron chi connectivity index (χ3n) is 5.02. The summed E-state index contributed by atoms with van der Waals surface area (Å²) >= 11 is 0. The summed E-state index contributed by atoms with van der Waals surface area (Å²) in [6.07, 6.45) is 0.784. The van der Waals surface area contributed by atoms with E-state index >= 15 is 0 Å². The van der Waals surface area contributed by atoms with Crippen molar-refractivity contribution in [2.75, 3.05) is 6.54 Å². The largest absolute Gasteiger partial charge is 0.353 e. The zero-order valence-electron chi connectivity index (χ0n) is 18.2. The summed E-state index contributed by atoms with van der Waals surface area (Å²) in [5.74, 6) is -0.294. The summed E-state index contributed by atoms with van der Waals surface area (Å²) in [6.45, 7) is 11.3. The van der Waals surface area contributed by atoms with Crippen molar-refractivity contribution in [2.24, 2.45) is 0 Å².